The second kappa shape index (κ2) is 11.8. The third-order valence-corrected chi connectivity index (χ3v) is 6.93. The number of methoxy groups -OCH3 is 1. The number of aromatic nitrogens is 3. The summed E-state index contributed by atoms with van der Waals surface area (Å²) in [6.45, 7) is 7.26. The number of ether oxygens (including phenoxy) is 3. The van der Waals surface area contributed by atoms with Gasteiger partial charge in [0.15, 0.2) is 0 Å². The van der Waals surface area contributed by atoms with Gasteiger partial charge in [-0.05, 0) is 71.0 Å². The van der Waals surface area contributed by atoms with E-state index in [4.69, 9.17) is 19.2 Å². The van der Waals surface area contributed by atoms with Crippen LogP contribution in [0.3, 0.4) is 0 Å². The molecular formula is C30H34F3N5O4. The van der Waals surface area contributed by atoms with E-state index in [1.807, 2.05) is 4.40 Å². The quantitative estimate of drug-likeness (QED) is 0.263. The average Bonchev–Trinajstić information content (AvgIpc) is 3.35. The Kier molecular flexibility index (Phi) is 8.29. The first-order valence-corrected chi connectivity index (χ1v) is 13.8. The Balaban J connectivity index is 1.64. The lowest BCUT2D eigenvalue weighted by Gasteiger charge is -2.36. The molecule has 0 unspecified atom stereocenters. The van der Waals surface area contributed by atoms with E-state index >= 15 is 0 Å². The molecule has 224 valence electrons. The number of nitrogens with zero attached hydrogens (tertiary/aromatic N) is 4. The topological polar surface area (TPSA) is 90.2 Å². The van der Waals surface area contributed by atoms with E-state index < -0.39 is 23.4 Å². The summed E-state index contributed by atoms with van der Waals surface area (Å²) in [5, 5.41) is 3.50. The molecule has 4 aromatic rings. The molecule has 42 heavy (non-hydrogen) atoms. The zero-order valence-corrected chi connectivity index (χ0v) is 24.0. The Hall–Kier alpha value is -3.90. The number of carbonyl (C=O) groups excluding carboxylic acids is 1. The first kappa shape index (κ1) is 29.6. The van der Waals surface area contributed by atoms with Crippen LogP contribution in [0.1, 0.15) is 39.2 Å². The Morgan fingerprint density at radius 3 is 2.55 bits per heavy atom. The molecule has 0 atom stereocenters. The molecule has 1 aliphatic heterocycles. The van der Waals surface area contributed by atoms with E-state index in [9.17, 15) is 18.0 Å². The van der Waals surface area contributed by atoms with Gasteiger partial charge in [0.05, 0.1) is 41.0 Å². The van der Waals surface area contributed by atoms with E-state index in [-0.39, 0.29) is 22.6 Å². The van der Waals surface area contributed by atoms with Crippen LogP contribution in [0, 0.1) is 0 Å². The number of nitrogens with one attached hydrogen (secondary N) is 1. The molecule has 0 saturated carbocycles. The summed E-state index contributed by atoms with van der Waals surface area (Å²) < 4.78 is 60.5. The number of anilines is 1. The standard InChI is InChI=1S/C30H34F3N5O4/c1-29(2,3)42-28(39)38(21-7-10-34-11-8-21)24-16-20(30(31,32)33)15-19-5-6-23(36-27(19)24)25-18-35-26-17-22(9-12-37(25)26)41-14-13-40-4/h5-6,9,12,15-18,21,34H,7-8,10-11,13-14H2,1-4H3. The molecular weight excluding hydrogens is 551 g/mol. The Labute approximate surface area is 241 Å². The smallest absolute Gasteiger partial charge is 0.416 e. The normalized spacial score (nSPS) is 14.8. The molecule has 4 heterocycles. The number of benzene rings is 1. The number of fused-ring (bicyclic) bond motifs is 2. The molecule has 0 radical (unpaired) electrons. The molecule has 12 heteroatoms. The summed E-state index contributed by atoms with van der Waals surface area (Å²) in [5.74, 6) is 0.625. The summed E-state index contributed by atoms with van der Waals surface area (Å²) in [5.41, 5.74) is 0.341. The number of imidazole rings is 1. The molecule has 1 amide bonds. The number of alkyl halides is 3. The van der Waals surface area contributed by atoms with E-state index in [0.29, 0.717) is 61.9 Å². The molecule has 0 spiro atoms. The number of hydrogen-bond donors (Lipinski definition) is 1. The van der Waals surface area contributed by atoms with Crippen molar-refractivity contribution in [1.29, 1.82) is 0 Å². The van der Waals surface area contributed by atoms with Crippen molar-refractivity contribution >= 4 is 28.3 Å². The highest BCUT2D eigenvalue weighted by Crippen LogP contribution is 2.39. The first-order valence-electron chi connectivity index (χ1n) is 13.8. The minimum atomic E-state index is -4.62. The maximum absolute atomic E-state index is 14.1. The van der Waals surface area contributed by atoms with E-state index in [1.54, 1.807) is 64.5 Å². The lowest BCUT2D eigenvalue weighted by Crippen LogP contribution is -2.48. The zero-order chi connectivity index (χ0) is 30.1. The van der Waals surface area contributed by atoms with Crippen molar-refractivity contribution in [2.75, 3.05) is 38.3 Å². The van der Waals surface area contributed by atoms with Crippen LogP contribution in [-0.2, 0) is 15.7 Å². The molecule has 1 N–H and O–H groups in total. The van der Waals surface area contributed by atoms with E-state index in [1.165, 1.54) is 4.90 Å². The van der Waals surface area contributed by atoms with E-state index in [0.717, 1.165) is 12.1 Å². The van der Waals surface area contributed by atoms with Crippen molar-refractivity contribution in [3.63, 3.8) is 0 Å². The number of rotatable bonds is 7. The summed E-state index contributed by atoms with van der Waals surface area (Å²) in [6.07, 6.45) is -0.790. The van der Waals surface area contributed by atoms with Gasteiger partial charge in [-0.15, -0.1) is 0 Å². The third kappa shape index (κ3) is 6.44. The number of halogens is 3. The molecule has 5 rings (SSSR count). The fourth-order valence-electron chi connectivity index (χ4n) is 5.01. The van der Waals surface area contributed by atoms with Crippen LogP contribution in [0.15, 0.2) is 48.8 Å². The maximum atomic E-state index is 14.1. The van der Waals surface area contributed by atoms with Gasteiger partial charge in [0, 0.05) is 30.8 Å². The van der Waals surface area contributed by atoms with Gasteiger partial charge in [-0.2, -0.15) is 13.2 Å². The van der Waals surface area contributed by atoms with Crippen LogP contribution in [0.5, 0.6) is 5.75 Å². The summed E-state index contributed by atoms with van der Waals surface area (Å²) in [4.78, 5) is 24.3. The van der Waals surface area contributed by atoms with Gasteiger partial charge in [-0.25, -0.2) is 14.8 Å². The van der Waals surface area contributed by atoms with Crippen LogP contribution < -0.4 is 15.0 Å². The van der Waals surface area contributed by atoms with Gasteiger partial charge in [-0.3, -0.25) is 9.30 Å². The minimum Gasteiger partial charge on any atom is -0.491 e. The molecule has 1 fully saturated rings. The number of piperidine rings is 1. The van der Waals surface area contributed by atoms with Crippen molar-refractivity contribution in [3.8, 4) is 17.1 Å². The molecule has 9 nitrogen and oxygen atoms in total. The van der Waals surface area contributed by atoms with Crippen molar-refractivity contribution in [2.24, 2.45) is 0 Å². The minimum absolute atomic E-state index is 0.0606. The van der Waals surface area contributed by atoms with Gasteiger partial charge in [0.2, 0.25) is 0 Å². The fraction of sp³-hybridized carbons (Fsp3) is 0.433. The summed E-state index contributed by atoms with van der Waals surface area (Å²) >= 11 is 0. The van der Waals surface area contributed by atoms with Crippen molar-refractivity contribution < 1.29 is 32.2 Å². The molecule has 1 saturated heterocycles. The Morgan fingerprint density at radius 1 is 1.10 bits per heavy atom. The maximum Gasteiger partial charge on any atom is 0.416 e. The number of amides is 1. The van der Waals surface area contributed by atoms with Gasteiger partial charge in [-0.1, -0.05) is 6.07 Å². The monoisotopic (exact) mass is 585 g/mol. The fourth-order valence-corrected chi connectivity index (χ4v) is 5.01. The summed E-state index contributed by atoms with van der Waals surface area (Å²) in [6, 6.07) is 8.51. The van der Waals surface area contributed by atoms with Crippen LogP contribution in [0.25, 0.3) is 27.9 Å². The lowest BCUT2D eigenvalue weighted by molar-refractivity contribution is -0.137. The average molecular weight is 586 g/mol. The lowest BCUT2D eigenvalue weighted by atomic mass is 10.0. The van der Waals surface area contributed by atoms with Crippen molar-refractivity contribution in [2.45, 2.75) is 51.4 Å². The summed E-state index contributed by atoms with van der Waals surface area (Å²) in [7, 11) is 1.60. The highest BCUT2D eigenvalue weighted by molar-refractivity contribution is 6.01. The van der Waals surface area contributed by atoms with Crippen molar-refractivity contribution in [1.82, 2.24) is 19.7 Å². The predicted molar refractivity (Wildman–Crippen MR) is 153 cm³/mol. The van der Waals surface area contributed by atoms with Crippen LogP contribution in [0.4, 0.5) is 23.7 Å². The highest BCUT2D eigenvalue weighted by Gasteiger charge is 2.36. The van der Waals surface area contributed by atoms with Crippen LogP contribution in [-0.4, -0.2) is 65.5 Å². The van der Waals surface area contributed by atoms with Crippen molar-refractivity contribution in [3.05, 3.63) is 54.4 Å². The largest absolute Gasteiger partial charge is 0.491 e. The molecule has 1 aliphatic rings. The Morgan fingerprint density at radius 2 is 1.86 bits per heavy atom. The molecule has 3 aromatic heterocycles. The molecule has 1 aromatic carbocycles. The van der Waals surface area contributed by atoms with Gasteiger partial charge in [0.1, 0.15) is 23.6 Å². The third-order valence-electron chi connectivity index (χ3n) is 6.93. The highest BCUT2D eigenvalue weighted by atomic mass is 19.4. The number of pyridine rings is 2. The Bertz CT molecular complexity index is 1580. The van der Waals surface area contributed by atoms with Gasteiger partial charge in [0.25, 0.3) is 0 Å². The molecule has 0 aliphatic carbocycles. The zero-order valence-electron chi connectivity index (χ0n) is 24.0. The molecule has 0 bridgehead atoms. The second-order valence-electron chi connectivity index (χ2n) is 11.2. The van der Waals surface area contributed by atoms with E-state index in [2.05, 4.69) is 10.3 Å². The number of carbonyl (C=O) groups is 1. The SMILES string of the molecule is COCCOc1ccn2c(-c3ccc4cc(C(F)(F)F)cc(N(C(=O)OC(C)(C)C)C5CCNCC5)c4n3)cnc2c1. The van der Waals surface area contributed by atoms with Gasteiger partial charge < -0.3 is 19.5 Å². The van der Waals surface area contributed by atoms with Crippen LogP contribution >= 0.6 is 0 Å². The predicted octanol–water partition coefficient (Wildman–Crippen LogP) is 6.09. The second-order valence-corrected chi connectivity index (χ2v) is 11.2. The van der Waals surface area contributed by atoms with Gasteiger partial charge >= 0.3 is 12.3 Å². The first-order chi connectivity index (χ1) is 19.9. The number of hydrogen-bond acceptors (Lipinski definition) is 7. The van der Waals surface area contributed by atoms with Crippen LogP contribution in [0.2, 0.25) is 0 Å².